The number of alkyl halides is 3. The third-order valence-corrected chi connectivity index (χ3v) is 4.44. The Labute approximate surface area is 136 Å². The molecule has 1 amide bonds. The Kier molecular flexibility index (Phi) is 5.95. The summed E-state index contributed by atoms with van der Waals surface area (Å²) in [4.78, 5) is 12.6. The minimum Gasteiger partial charge on any atom is -0.377 e. The number of halogens is 3. The zero-order valence-corrected chi connectivity index (χ0v) is 13.7. The summed E-state index contributed by atoms with van der Waals surface area (Å²) in [5.74, 6) is -0.267. The average Bonchev–Trinajstić information content (AvgIpc) is 3.04. The summed E-state index contributed by atoms with van der Waals surface area (Å²) >= 11 is 19.1. The molecule has 2 rings (SSSR count). The van der Waals surface area contributed by atoms with E-state index in [1.54, 1.807) is 12.1 Å². The smallest absolute Gasteiger partial charge is 0.262 e. The van der Waals surface area contributed by atoms with E-state index < -0.39 is 9.96 Å². The second kappa shape index (κ2) is 7.29. The van der Waals surface area contributed by atoms with Crippen LogP contribution in [0.4, 0.5) is 0 Å². The zero-order valence-electron chi connectivity index (χ0n) is 10.6. The predicted octanol–water partition coefficient (Wildman–Crippen LogP) is 2.94. The standard InChI is InChI=1S/C12H15Cl3N2O2S/c13-12(14,15)11(16-7-8-3-1-5-19-8)17-10(18)9-4-2-6-20-9/h2,4,6,8,11,16H,1,3,5,7H2,(H,17,18)/t8-,11-/m0/s1. The molecule has 4 nitrogen and oxygen atoms in total. The van der Waals surface area contributed by atoms with Crippen molar-refractivity contribution in [2.75, 3.05) is 13.2 Å². The number of carbonyl (C=O) groups is 1. The molecule has 1 aliphatic heterocycles. The maximum atomic E-state index is 12.0. The van der Waals surface area contributed by atoms with Crippen molar-refractivity contribution in [3.63, 3.8) is 0 Å². The third kappa shape index (κ3) is 4.76. The molecule has 0 aliphatic carbocycles. The fraction of sp³-hybridized carbons (Fsp3) is 0.583. The molecule has 0 aromatic carbocycles. The van der Waals surface area contributed by atoms with Gasteiger partial charge in [0.05, 0.1) is 11.0 Å². The number of hydrogen-bond acceptors (Lipinski definition) is 4. The van der Waals surface area contributed by atoms with Gasteiger partial charge >= 0.3 is 0 Å². The molecule has 1 aromatic heterocycles. The number of thiophene rings is 1. The van der Waals surface area contributed by atoms with Crippen molar-refractivity contribution in [2.24, 2.45) is 0 Å². The van der Waals surface area contributed by atoms with E-state index in [1.165, 1.54) is 11.3 Å². The minimum atomic E-state index is -1.63. The first-order valence-corrected chi connectivity index (χ1v) is 8.24. The van der Waals surface area contributed by atoms with Crippen LogP contribution in [0.1, 0.15) is 22.5 Å². The minimum absolute atomic E-state index is 0.100. The van der Waals surface area contributed by atoms with Crippen molar-refractivity contribution in [1.29, 1.82) is 0 Å². The normalized spacial score (nSPS) is 20.9. The van der Waals surface area contributed by atoms with Crippen LogP contribution >= 0.6 is 46.1 Å². The first-order chi connectivity index (χ1) is 9.47. The van der Waals surface area contributed by atoms with Crippen molar-refractivity contribution in [1.82, 2.24) is 10.6 Å². The molecule has 20 heavy (non-hydrogen) atoms. The van der Waals surface area contributed by atoms with Gasteiger partial charge in [0, 0.05) is 13.2 Å². The van der Waals surface area contributed by atoms with Crippen LogP contribution in [0.15, 0.2) is 17.5 Å². The lowest BCUT2D eigenvalue weighted by Gasteiger charge is -2.27. The lowest BCUT2D eigenvalue weighted by atomic mass is 10.2. The van der Waals surface area contributed by atoms with Gasteiger partial charge in [-0.3, -0.25) is 10.1 Å². The highest BCUT2D eigenvalue weighted by atomic mass is 35.6. The van der Waals surface area contributed by atoms with Crippen LogP contribution in [-0.2, 0) is 4.74 Å². The fourth-order valence-corrected chi connectivity index (χ4v) is 2.94. The van der Waals surface area contributed by atoms with Gasteiger partial charge in [-0.1, -0.05) is 40.9 Å². The van der Waals surface area contributed by atoms with Crippen molar-refractivity contribution < 1.29 is 9.53 Å². The van der Waals surface area contributed by atoms with Crippen molar-refractivity contribution in [3.8, 4) is 0 Å². The Morgan fingerprint density at radius 1 is 1.55 bits per heavy atom. The molecule has 112 valence electrons. The highest BCUT2D eigenvalue weighted by Crippen LogP contribution is 2.29. The third-order valence-electron chi connectivity index (χ3n) is 2.92. The number of hydrogen-bond donors (Lipinski definition) is 2. The number of amides is 1. The summed E-state index contributed by atoms with van der Waals surface area (Å²) in [7, 11) is 0. The van der Waals surface area contributed by atoms with E-state index in [9.17, 15) is 4.79 Å². The van der Waals surface area contributed by atoms with Crippen molar-refractivity contribution in [3.05, 3.63) is 22.4 Å². The van der Waals surface area contributed by atoms with Crippen LogP contribution in [0, 0.1) is 0 Å². The SMILES string of the molecule is O=C(N[C@H](NC[C@@H]1CCCO1)C(Cl)(Cl)Cl)c1cccs1. The maximum Gasteiger partial charge on any atom is 0.262 e. The second-order valence-corrected chi connectivity index (χ2v) is 7.79. The maximum absolute atomic E-state index is 12.0. The molecule has 2 N–H and O–H groups in total. The number of carbonyl (C=O) groups excluding carboxylic acids is 1. The molecule has 2 heterocycles. The summed E-state index contributed by atoms with van der Waals surface area (Å²) in [6.45, 7) is 1.29. The summed E-state index contributed by atoms with van der Waals surface area (Å²) in [5, 5.41) is 7.56. The molecule has 2 atom stereocenters. The number of rotatable bonds is 5. The van der Waals surface area contributed by atoms with Crippen LogP contribution in [0.3, 0.4) is 0 Å². The number of nitrogens with one attached hydrogen (secondary N) is 2. The molecule has 1 saturated heterocycles. The quantitative estimate of drug-likeness (QED) is 0.629. The first kappa shape index (κ1) is 16.3. The van der Waals surface area contributed by atoms with E-state index >= 15 is 0 Å². The van der Waals surface area contributed by atoms with Crippen LogP contribution < -0.4 is 10.6 Å². The molecule has 0 spiro atoms. The Hall–Kier alpha value is -0.0400. The monoisotopic (exact) mass is 356 g/mol. The van der Waals surface area contributed by atoms with Gasteiger partial charge in [0.25, 0.3) is 5.91 Å². The molecule has 0 bridgehead atoms. The van der Waals surface area contributed by atoms with Gasteiger partial charge in [0.1, 0.15) is 6.17 Å². The Morgan fingerprint density at radius 2 is 2.35 bits per heavy atom. The summed E-state index contributed by atoms with van der Waals surface area (Å²) < 4.78 is 3.86. The lowest BCUT2D eigenvalue weighted by molar-refractivity contribution is 0.0900. The summed E-state index contributed by atoms with van der Waals surface area (Å²) in [6.07, 6.45) is 1.33. The molecular weight excluding hydrogens is 343 g/mol. The summed E-state index contributed by atoms with van der Waals surface area (Å²) in [6, 6.07) is 3.51. The van der Waals surface area contributed by atoms with E-state index in [2.05, 4.69) is 10.6 Å². The van der Waals surface area contributed by atoms with E-state index in [-0.39, 0.29) is 12.0 Å². The van der Waals surface area contributed by atoms with E-state index in [0.717, 1.165) is 19.4 Å². The molecule has 0 unspecified atom stereocenters. The highest BCUT2D eigenvalue weighted by molar-refractivity contribution is 7.12. The predicted molar refractivity (Wildman–Crippen MR) is 82.8 cm³/mol. The van der Waals surface area contributed by atoms with Crippen molar-refractivity contribution >= 4 is 52.0 Å². The van der Waals surface area contributed by atoms with E-state index in [0.29, 0.717) is 11.4 Å². The topological polar surface area (TPSA) is 50.4 Å². The average molecular weight is 358 g/mol. The Morgan fingerprint density at radius 3 is 2.90 bits per heavy atom. The number of ether oxygens (including phenoxy) is 1. The molecule has 0 radical (unpaired) electrons. The Bertz CT molecular complexity index is 430. The summed E-state index contributed by atoms with van der Waals surface area (Å²) in [5.41, 5.74) is 0. The second-order valence-electron chi connectivity index (χ2n) is 4.47. The fourth-order valence-electron chi connectivity index (χ4n) is 1.91. The van der Waals surface area contributed by atoms with Crippen molar-refractivity contribution in [2.45, 2.75) is 28.9 Å². The molecule has 1 fully saturated rings. The van der Waals surface area contributed by atoms with Gasteiger partial charge in [0.2, 0.25) is 3.79 Å². The van der Waals surface area contributed by atoms with Gasteiger partial charge in [-0.2, -0.15) is 0 Å². The van der Waals surface area contributed by atoms with Crippen LogP contribution in [0.5, 0.6) is 0 Å². The molecular formula is C12H15Cl3N2O2S. The first-order valence-electron chi connectivity index (χ1n) is 6.23. The zero-order chi connectivity index (χ0) is 14.6. The largest absolute Gasteiger partial charge is 0.377 e. The van der Waals surface area contributed by atoms with Gasteiger partial charge in [-0.15, -0.1) is 11.3 Å². The molecule has 1 aromatic rings. The van der Waals surface area contributed by atoms with E-state index in [1.807, 2.05) is 5.38 Å². The van der Waals surface area contributed by atoms with Crippen LogP contribution in [-0.4, -0.2) is 35.1 Å². The molecule has 8 heteroatoms. The Balaban J connectivity index is 1.91. The lowest BCUT2D eigenvalue weighted by Crippen LogP contribution is -2.54. The highest BCUT2D eigenvalue weighted by Gasteiger charge is 2.34. The van der Waals surface area contributed by atoms with Gasteiger partial charge in [-0.25, -0.2) is 0 Å². The van der Waals surface area contributed by atoms with Crippen LogP contribution in [0.25, 0.3) is 0 Å². The van der Waals surface area contributed by atoms with Gasteiger partial charge in [0.15, 0.2) is 0 Å². The van der Waals surface area contributed by atoms with Crippen LogP contribution in [0.2, 0.25) is 0 Å². The van der Waals surface area contributed by atoms with Gasteiger partial charge < -0.3 is 10.1 Å². The molecule has 1 aliphatic rings. The molecule has 0 saturated carbocycles. The van der Waals surface area contributed by atoms with Gasteiger partial charge in [-0.05, 0) is 24.3 Å². The van der Waals surface area contributed by atoms with E-state index in [4.69, 9.17) is 39.5 Å².